The number of amides is 2. The van der Waals surface area contributed by atoms with Crippen LogP contribution in [-0.2, 0) is 42.8 Å². The van der Waals surface area contributed by atoms with Crippen molar-refractivity contribution in [2.45, 2.75) is 121 Å². The summed E-state index contributed by atoms with van der Waals surface area (Å²) in [5.74, 6) is 4.76. The molecule has 328 valence electrons. The summed E-state index contributed by atoms with van der Waals surface area (Å²) in [5, 5.41) is 0.499. The fourth-order valence-corrected chi connectivity index (χ4v) is 17.9. The molecule has 4 saturated heterocycles. The summed E-state index contributed by atoms with van der Waals surface area (Å²) < 4.78 is 26.7. The predicted octanol–water partition coefficient (Wildman–Crippen LogP) is 6.45. The lowest BCUT2D eigenvalue weighted by molar-refractivity contribution is -0.139. The Kier molecular flexibility index (Phi) is 11.2. The molecule has 61 heavy (non-hydrogen) atoms. The largest absolute Gasteiger partial charge is 0.492 e. The molecular formula is C47H63BN4O6S3. The van der Waals surface area contributed by atoms with Crippen LogP contribution in [0.3, 0.4) is 0 Å². The molecule has 2 spiro atoms. The first-order chi connectivity index (χ1) is 29.7. The van der Waals surface area contributed by atoms with Gasteiger partial charge in [0, 0.05) is 72.4 Å². The number of likely N-dealkylation sites (tertiary alicyclic amines) is 2. The number of ether oxygens (including phenoxy) is 2. The lowest BCUT2D eigenvalue weighted by Gasteiger charge is -2.41. The molecule has 6 heterocycles. The quantitative estimate of drug-likeness (QED) is 0.298. The zero-order valence-corrected chi connectivity index (χ0v) is 38.3. The second-order valence-electron chi connectivity index (χ2n) is 20.1. The molecule has 11 unspecified atom stereocenters. The number of nitrogens with two attached hydrogens (primary N) is 2. The van der Waals surface area contributed by atoms with Crippen molar-refractivity contribution in [1.29, 1.82) is 0 Å². The molecule has 0 aromatic heterocycles. The van der Waals surface area contributed by atoms with Crippen LogP contribution in [0.25, 0.3) is 0 Å². The Labute approximate surface area is 374 Å². The minimum absolute atomic E-state index is 0.0153. The highest BCUT2D eigenvalue weighted by atomic mass is 32.2. The van der Waals surface area contributed by atoms with E-state index in [0.717, 1.165) is 113 Å². The van der Waals surface area contributed by atoms with E-state index in [9.17, 15) is 9.59 Å². The number of rotatable bonds is 7. The van der Waals surface area contributed by atoms with Gasteiger partial charge in [-0.05, 0) is 123 Å². The molecule has 11 atom stereocenters. The maximum absolute atomic E-state index is 14.5. The highest BCUT2D eigenvalue weighted by molar-refractivity contribution is 8.17. The highest BCUT2D eigenvalue weighted by Gasteiger charge is 2.59. The summed E-state index contributed by atoms with van der Waals surface area (Å²) in [5.41, 5.74) is 16.8. The smallest absolute Gasteiger partial charge is 0.460 e. The molecule has 4 N–H and O–H groups in total. The third-order valence-corrected chi connectivity index (χ3v) is 21.7. The Morgan fingerprint density at radius 3 is 1.85 bits per heavy atom. The van der Waals surface area contributed by atoms with E-state index in [4.69, 9.17) is 30.2 Å². The first-order valence-electron chi connectivity index (χ1n) is 23.3. The van der Waals surface area contributed by atoms with Crippen molar-refractivity contribution in [1.82, 2.24) is 9.80 Å². The van der Waals surface area contributed by atoms with Gasteiger partial charge in [-0.1, -0.05) is 30.7 Å². The maximum Gasteiger partial charge on any atom is 0.460 e. The Balaban J connectivity index is 0.709. The van der Waals surface area contributed by atoms with Crippen LogP contribution in [0.15, 0.2) is 36.4 Å². The number of piperidine rings is 2. The molecule has 10 nitrogen and oxygen atoms in total. The topological polar surface area (TPSA) is 130 Å². The molecule has 9 aliphatic rings. The van der Waals surface area contributed by atoms with E-state index in [2.05, 4.69) is 58.7 Å². The van der Waals surface area contributed by atoms with Gasteiger partial charge in [0.1, 0.15) is 11.5 Å². The van der Waals surface area contributed by atoms with Crippen LogP contribution in [0.1, 0.15) is 86.5 Å². The molecule has 2 aromatic carbocycles. The number of fused-ring (bicyclic) bond motifs is 7. The molecule has 3 aliphatic carbocycles. The molecule has 14 heteroatoms. The number of carbonyl (C=O) groups excluding carboxylic acids is 2. The van der Waals surface area contributed by atoms with Gasteiger partial charge in [-0.3, -0.25) is 9.59 Å². The van der Waals surface area contributed by atoms with E-state index in [1.807, 2.05) is 35.3 Å². The number of thioether (sulfide) groups is 3. The predicted molar refractivity (Wildman–Crippen MR) is 245 cm³/mol. The number of nitrogens with zero attached hydrogens (tertiary/aromatic N) is 2. The summed E-state index contributed by atoms with van der Waals surface area (Å²) >= 11 is 5.81. The van der Waals surface area contributed by atoms with E-state index < -0.39 is 0 Å². The van der Waals surface area contributed by atoms with Gasteiger partial charge in [0.25, 0.3) is 0 Å². The Morgan fingerprint density at radius 2 is 1.30 bits per heavy atom. The van der Waals surface area contributed by atoms with E-state index in [-0.39, 0.29) is 41.3 Å². The fourth-order valence-electron chi connectivity index (χ4n) is 13.8. The van der Waals surface area contributed by atoms with Gasteiger partial charge in [0.15, 0.2) is 0 Å². The van der Waals surface area contributed by atoms with Gasteiger partial charge in [-0.15, -0.1) is 11.8 Å². The minimum atomic E-state index is -0.192. The van der Waals surface area contributed by atoms with E-state index in [1.54, 1.807) is 0 Å². The Hall–Kier alpha value is -2.07. The Morgan fingerprint density at radius 1 is 0.721 bits per heavy atom. The summed E-state index contributed by atoms with van der Waals surface area (Å²) in [6.45, 7) is 5.59. The van der Waals surface area contributed by atoms with Crippen LogP contribution >= 0.6 is 35.3 Å². The molecule has 6 aliphatic heterocycles. The van der Waals surface area contributed by atoms with Crippen molar-refractivity contribution in [3.05, 3.63) is 58.7 Å². The second-order valence-corrected chi connectivity index (χ2v) is 23.7. The highest BCUT2D eigenvalue weighted by Crippen LogP contribution is 2.59. The molecule has 0 radical (unpaired) electrons. The normalized spacial score (nSPS) is 36.6. The summed E-state index contributed by atoms with van der Waals surface area (Å²) in [4.78, 5) is 33.2. The van der Waals surface area contributed by atoms with Crippen LogP contribution < -0.4 is 20.9 Å². The molecule has 0 bridgehead atoms. The third-order valence-electron chi connectivity index (χ3n) is 17.3. The zero-order valence-electron chi connectivity index (χ0n) is 35.8. The second kappa shape index (κ2) is 16.4. The first kappa shape index (κ1) is 41.6. The molecular weight excluding hydrogens is 824 g/mol. The van der Waals surface area contributed by atoms with Gasteiger partial charge in [0.05, 0.1) is 35.3 Å². The van der Waals surface area contributed by atoms with Crippen molar-refractivity contribution in [3.8, 4) is 11.5 Å². The minimum Gasteiger partial charge on any atom is -0.492 e. The summed E-state index contributed by atoms with van der Waals surface area (Å²) in [6.07, 6.45) is 14.4. The van der Waals surface area contributed by atoms with Crippen molar-refractivity contribution in [3.63, 3.8) is 0 Å². The van der Waals surface area contributed by atoms with Gasteiger partial charge >= 0.3 is 7.12 Å². The monoisotopic (exact) mass is 886 g/mol. The van der Waals surface area contributed by atoms with Crippen LogP contribution in [0.2, 0.25) is 5.82 Å². The average molecular weight is 887 g/mol. The van der Waals surface area contributed by atoms with Gasteiger partial charge < -0.3 is 40.0 Å². The zero-order chi connectivity index (χ0) is 41.6. The Bertz CT molecular complexity index is 2010. The molecule has 11 rings (SSSR count). The first-order valence-corrected chi connectivity index (χ1v) is 26.8. The van der Waals surface area contributed by atoms with E-state index in [0.29, 0.717) is 77.4 Å². The maximum atomic E-state index is 14.5. The SMILES string of the molecule is CSC1CC(C(=O)N2CCC3(CC2)COc2ccc(CN)cc23)C2CC3OB(C4CCC5C(C(=O)N6CCC7(CC6)COc6ccc(CN)cc67)SC(SC)C5C4)OC3CC12. The lowest BCUT2D eigenvalue weighted by atomic mass is 9.59. The molecule has 3 saturated carbocycles. The third kappa shape index (κ3) is 7.00. The van der Waals surface area contributed by atoms with Crippen molar-refractivity contribution in [2.75, 3.05) is 51.9 Å². The standard InChI is InChI=1S/C47H63BN4O6S3/c1-59-41-22-33(43(53)51-13-9-46(10-14-51)25-55-37-7-3-27(23-49)17-35(37)46)31-20-39-40(21-32(31)41)58-48(57-39)29-5-6-30-34(19-29)45(60-2)61-42(30)44(54)52-15-11-47(12-16-52)26-56-38-8-4-28(24-50)18-36(38)47/h3-4,7-8,17-18,29-34,39-42,45H,5-6,9-16,19-26,49-50H2,1-2H3. The number of carbonyl (C=O) groups is 2. The van der Waals surface area contributed by atoms with Gasteiger partial charge in [-0.2, -0.15) is 23.5 Å². The van der Waals surface area contributed by atoms with Crippen LogP contribution in [0.5, 0.6) is 11.5 Å². The van der Waals surface area contributed by atoms with Crippen molar-refractivity contribution < 1.29 is 28.4 Å². The number of benzene rings is 2. The van der Waals surface area contributed by atoms with Crippen molar-refractivity contribution >= 4 is 54.2 Å². The van der Waals surface area contributed by atoms with E-state index in [1.165, 1.54) is 11.1 Å². The summed E-state index contributed by atoms with van der Waals surface area (Å²) in [7, 11) is -0.192. The fraction of sp³-hybridized carbons (Fsp3) is 0.702. The average Bonchev–Trinajstić information content (AvgIpc) is 4.13. The number of hydrogen-bond donors (Lipinski definition) is 2. The van der Waals surface area contributed by atoms with Crippen LogP contribution in [0.4, 0.5) is 0 Å². The molecule has 2 aromatic rings. The van der Waals surface area contributed by atoms with Crippen LogP contribution in [0, 0.1) is 29.6 Å². The van der Waals surface area contributed by atoms with Gasteiger partial charge in [0.2, 0.25) is 11.8 Å². The van der Waals surface area contributed by atoms with Gasteiger partial charge in [-0.25, -0.2) is 0 Å². The van der Waals surface area contributed by atoms with E-state index >= 15 is 0 Å². The summed E-state index contributed by atoms with van der Waals surface area (Å²) in [6, 6.07) is 12.8. The number of hydrogen-bond acceptors (Lipinski definition) is 11. The lowest BCUT2D eigenvalue weighted by Crippen LogP contribution is -2.49. The molecule has 7 fully saturated rings. The van der Waals surface area contributed by atoms with Crippen LogP contribution in [-0.4, -0.2) is 108 Å². The van der Waals surface area contributed by atoms with Crippen molar-refractivity contribution in [2.24, 2.45) is 41.1 Å². The molecule has 2 amide bonds.